The average molecular weight is 392 g/mol. The molecule has 3 amide bonds. The molecule has 0 unspecified atom stereocenters. The number of rotatable bonds is 6. The van der Waals surface area contributed by atoms with Crippen molar-refractivity contribution in [3.05, 3.63) is 58.8 Å². The number of pyridine rings is 1. The first-order valence-electron chi connectivity index (χ1n) is 9.96. The van der Waals surface area contributed by atoms with Gasteiger partial charge in [-0.25, -0.2) is 4.98 Å². The molecule has 29 heavy (non-hydrogen) atoms. The molecular formula is C22H24N4O3. The van der Waals surface area contributed by atoms with Gasteiger partial charge in [0, 0.05) is 38.8 Å². The molecule has 0 spiro atoms. The number of fused-ring (bicyclic) bond motifs is 1. The fourth-order valence-corrected chi connectivity index (χ4v) is 3.80. The van der Waals surface area contributed by atoms with Crippen LogP contribution in [-0.2, 0) is 11.3 Å². The molecule has 2 aromatic rings. The van der Waals surface area contributed by atoms with Crippen LogP contribution < -0.4 is 10.2 Å². The van der Waals surface area contributed by atoms with Crippen LogP contribution in [0.2, 0.25) is 0 Å². The number of nitrogens with zero attached hydrogens (tertiary/aromatic N) is 3. The van der Waals surface area contributed by atoms with Crippen molar-refractivity contribution in [2.75, 3.05) is 24.5 Å². The topological polar surface area (TPSA) is 82.6 Å². The Kier molecular flexibility index (Phi) is 5.29. The quantitative estimate of drug-likeness (QED) is 0.763. The number of imide groups is 1. The Balaban J connectivity index is 1.30. The van der Waals surface area contributed by atoms with Gasteiger partial charge in [-0.05, 0) is 49.6 Å². The van der Waals surface area contributed by atoms with Crippen molar-refractivity contribution >= 4 is 23.5 Å². The van der Waals surface area contributed by atoms with Crippen molar-refractivity contribution in [1.82, 2.24) is 15.2 Å². The molecule has 1 N–H and O–H groups in total. The van der Waals surface area contributed by atoms with Crippen LogP contribution in [0.1, 0.15) is 51.1 Å². The van der Waals surface area contributed by atoms with E-state index in [1.165, 1.54) is 12.8 Å². The molecule has 1 aromatic heterocycles. The van der Waals surface area contributed by atoms with Gasteiger partial charge in [-0.15, -0.1) is 0 Å². The fourth-order valence-electron chi connectivity index (χ4n) is 3.80. The second-order valence-electron chi connectivity index (χ2n) is 7.55. The van der Waals surface area contributed by atoms with Crippen molar-refractivity contribution < 1.29 is 14.4 Å². The van der Waals surface area contributed by atoms with Gasteiger partial charge in [0.05, 0.1) is 11.1 Å². The highest BCUT2D eigenvalue weighted by Crippen LogP contribution is 2.24. The lowest BCUT2D eigenvalue weighted by Gasteiger charge is -2.17. The van der Waals surface area contributed by atoms with Gasteiger partial charge in [0.15, 0.2) is 0 Å². The van der Waals surface area contributed by atoms with E-state index in [1.54, 1.807) is 18.3 Å². The maximum atomic E-state index is 12.5. The van der Waals surface area contributed by atoms with E-state index in [0.29, 0.717) is 17.7 Å². The number of benzene rings is 1. The molecule has 7 heteroatoms. The van der Waals surface area contributed by atoms with Crippen molar-refractivity contribution in [3.8, 4) is 0 Å². The van der Waals surface area contributed by atoms with E-state index in [9.17, 15) is 14.4 Å². The van der Waals surface area contributed by atoms with Crippen LogP contribution in [-0.4, -0.2) is 47.2 Å². The van der Waals surface area contributed by atoms with E-state index in [2.05, 4.69) is 15.2 Å². The van der Waals surface area contributed by atoms with Gasteiger partial charge in [0.2, 0.25) is 5.91 Å². The lowest BCUT2D eigenvalue weighted by atomic mass is 10.1. The number of aromatic nitrogens is 1. The summed E-state index contributed by atoms with van der Waals surface area (Å²) >= 11 is 0. The van der Waals surface area contributed by atoms with Gasteiger partial charge in [0.25, 0.3) is 11.8 Å². The second-order valence-corrected chi connectivity index (χ2v) is 7.55. The number of hydrogen-bond donors (Lipinski definition) is 1. The van der Waals surface area contributed by atoms with Crippen LogP contribution in [0.5, 0.6) is 0 Å². The second kappa shape index (κ2) is 8.03. The van der Waals surface area contributed by atoms with Gasteiger partial charge in [0.1, 0.15) is 5.82 Å². The molecule has 0 bridgehead atoms. The fraction of sp³-hybridized carbons (Fsp3) is 0.364. The number of amides is 3. The number of carbonyl (C=O) groups is 3. The Labute approximate surface area is 169 Å². The minimum absolute atomic E-state index is 0.0760. The minimum atomic E-state index is -0.331. The van der Waals surface area contributed by atoms with Gasteiger partial charge in [-0.3, -0.25) is 19.3 Å². The maximum absolute atomic E-state index is 12.5. The highest BCUT2D eigenvalue weighted by atomic mass is 16.2. The van der Waals surface area contributed by atoms with Crippen molar-refractivity contribution in [2.45, 2.75) is 32.7 Å². The summed E-state index contributed by atoms with van der Waals surface area (Å²) in [6, 6.07) is 9.08. The Morgan fingerprint density at radius 3 is 2.62 bits per heavy atom. The molecule has 2 aliphatic heterocycles. The Morgan fingerprint density at radius 2 is 1.83 bits per heavy atom. The van der Waals surface area contributed by atoms with Crippen molar-refractivity contribution in [3.63, 3.8) is 0 Å². The average Bonchev–Trinajstić information content (AvgIpc) is 3.34. The Morgan fingerprint density at radius 1 is 1.07 bits per heavy atom. The predicted octanol–water partition coefficient (Wildman–Crippen LogP) is 2.29. The summed E-state index contributed by atoms with van der Waals surface area (Å²) in [7, 11) is 0. The number of aryl methyl sites for hydroxylation is 1. The minimum Gasteiger partial charge on any atom is -0.357 e. The van der Waals surface area contributed by atoms with Crippen LogP contribution in [0.15, 0.2) is 36.5 Å². The lowest BCUT2D eigenvalue weighted by molar-refractivity contribution is -0.121. The zero-order chi connectivity index (χ0) is 20.4. The predicted molar refractivity (Wildman–Crippen MR) is 109 cm³/mol. The van der Waals surface area contributed by atoms with Crippen LogP contribution in [0, 0.1) is 6.92 Å². The summed E-state index contributed by atoms with van der Waals surface area (Å²) in [5.74, 6) is 0.0842. The van der Waals surface area contributed by atoms with Crippen LogP contribution in [0.3, 0.4) is 0 Å². The first-order valence-corrected chi connectivity index (χ1v) is 9.96. The van der Waals surface area contributed by atoms with Crippen molar-refractivity contribution in [2.24, 2.45) is 0 Å². The first-order chi connectivity index (χ1) is 14.0. The number of nitrogens with one attached hydrogen (secondary N) is 1. The Hall–Kier alpha value is -3.22. The SMILES string of the molecule is Cc1ccc2c(c1)C(=O)N(CCC(=O)NCc1ccnc(N3CCCC3)c1)C2=O. The number of carbonyl (C=O) groups excluding carboxylic acids is 3. The zero-order valence-electron chi connectivity index (χ0n) is 16.5. The highest BCUT2D eigenvalue weighted by Gasteiger charge is 2.35. The van der Waals surface area contributed by atoms with Gasteiger partial charge < -0.3 is 10.2 Å². The molecule has 150 valence electrons. The van der Waals surface area contributed by atoms with Crippen LogP contribution in [0.4, 0.5) is 5.82 Å². The summed E-state index contributed by atoms with van der Waals surface area (Å²) in [6.07, 6.45) is 4.20. The van der Waals surface area contributed by atoms with Gasteiger partial charge in [-0.1, -0.05) is 11.6 Å². The third-order valence-corrected chi connectivity index (χ3v) is 5.42. The third-order valence-electron chi connectivity index (χ3n) is 5.42. The molecule has 0 radical (unpaired) electrons. The summed E-state index contributed by atoms with van der Waals surface area (Å²) in [5.41, 5.74) is 2.73. The first kappa shape index (κ1) is 19.1. The van der Waals surface area contributed by atoms with E-state index in [0.717, 1.165) is 34.9 Å². The largest absolute Gasteiger partial charge is 0.357 e. The van der Waals surface area contributed by atoms with Crippen molar-refractivity contribution in [1.29, 1.82) is 0 Å². The zero-order valence-corrected chi connectivity index (χ0v) is 16.5. The molecule has 4 rings (SSSR count). The molecule has 0 atom stereocenters. The number of anilines is 1. The van der Waals surface area contributed by atoms with E-state index in [4.69, 9.17) is 0 Å². The summed E-state index contributed by atoms with van der Waals surface area (Å²) < 4.78 is 0. The Bertz CT molecular complexity index is 966. The van der Waals surface area contributed by atoms with E-state index in [1.807, 2.05) is 25.1 Å². The molecular weight excluding hydrogens is 368 g/mol. The third kappa shape index (κ3) is 3.99. The molecule has 2 aliphatic rings. The number of hydrogen-bond acceptors (Lipinski definition) is 5. The van der Waals surface area contributed by atoms with Gasteiger partial charge >= 0.3 is 0 Å². The summed E-state index contributed by atoms with van der Waals surface area (Å²) in [6.45, 7) is 4.38. The molecule has 1 saturated heterocycles. The monoisotopic (exact) mass is 392 g/mol. The summed E-state index contributed by atoms with van der Waals surface area (Å²) in [4.78, 5) is 45.0. The van der Waals surface area contributed by atoms with Crippen LogP contribution >= 0.6 is 0 Å². The molecule has 0 aliphatic carbocycles. The molecule has 3 heterocycles. The standard InChI is InChI=1S/C22H24N4O3/c1-15-4-5-17-18(12-15)22(29)26(21(17)28)11-7-20(27)24-14-16-6-8-23-19(13-16)25-9-2-3-10-25/h4-6,8,12-13H,2-3,7,9-11,14H2,1H3,(H,24,27). The van der Waals surface area contributed by atoms with Gasteiger partial charge in [-0.2, -0.15) is 0 Å². The van der Waals surface area contributed by atoms with E-state index in [-0.39, 0.29) is 30.7 Å². The van der Waals surface area contributed by atoms with E-state index >= 15 is 0 Å². The lowest BCUT2D eigenvalue weighted by Crippen LogP contribution is -2.34. The van der Waals surface area contributed by atoms with Crippen LogP contribution in [0.25, 0.3) is 0 Å². The molecule has 7 nitrogen and oxygen atoms in total. The smallest absolute Gasteiger partial charge is 0.261 e. The molecule has 1 aromatic carbocycles. The normalized spacial score (nSPS) is 15.8. The summed E-state index contributed by atoms with van der Waals surface area (Å²) in [5, 5.41) is 2.87. The highest BCUT2D eigenvalue weighted by molar-refractivity contribution is 6.21. The molecule has 1 fully saturated rings. The maximum Gasteiger partial charge on any atom is 0.261 e. The van der Waals surface area contributed by atoms with E-state index < -0.39 is 0 Å². The molecule has 0 saturated carbocycles.